The summed E-state index contributed by atoms with van der Waals surface area (Å²) in [5.74, 6) is 1.81. The van der Waals surface area contributed by atoms with Gasteiger partial charge in [0.2, 0.25) is 11.9 Å². The molecule has 2 aromatic heterocycles. The predicted molar refractivity (Wildman–Crippen MR) is 144 cm³/mol. The van der Waals surface area contributed by atoms with Gasteiger partial charge in [0.25, 0.3) is 0 Å². The second-order valence-corrected chi connectivity index (χ2v) is 9.51. The summed E-state index contributed by atoms with van der Waals surface area (Å²) in [5, 5.41) is 9.41. The zero-order chi connectivity index (χ0) is 26.0. The topological polar surface area (TPSA) is 105 Å². The molecule has 9 heteroatoms. The summed E-state index contributed by atoms with van der Waals surface area (Å²) in [6.07, 6.45) is 10.3. The summed E-state index contributed by atoms with van der Waals surface area (Å²) in [5.41, 5.74) is 1.51. The van der Waals surface area contributed by atoms with Crippen LogP contribution in [0.4, 0.5) is 17.5 Å². The first-order valence-electron chi connectivity index (χ1n) is 12.8. The highest BCUT2D eigenvalue weighted by Gasteiger charge is 2.25. The maximum atomic E-state index is 13.4. The van der Waals surface area contributed by atoms with Gasteiger partial charge < -0.3 is 20.5 Å². The smallest absolute Gasteiger partial charge is 0.242 e. The number of hydrogen-bond donors (Lipinski definition) is 3. The average Bonchev–Trinajstić information content (AvgIpc) is 3.46. The van der Waals surface area contributed by atoms with Crippen LogP contribution >= 0.6 is 0 Å². The number of hydrogen-bond acceptors (Lipinski definition) is 6. The monoisotopic (exact) mass is 499 g/mol. The third-order valence-electron chi connectivity index (χ3n) is 6.54. The molecule has 0 bridgehead atoms. The van der Waals surface area contributed by atoms with Gasteiger partial charge in [0.1, 0.15) is 23.5 Å². The van der Waals surface area contributed by atoms with E-state index in [0.717, 1.165) is 18.4 Å². The molecule has 3 aromatic rings. The van der Waals surface area contributed by atoms with Crippen LogP contribution < -0.4 is 16.0 Å². The highest BCUT2D eigenvalue weighted by molar-refractivity contribution is 5.84. The number of anilines is 2. The van der Waals surface area contributed by atoms with E-state index in [2.05, 4.69) is 30.8 Å². The zero-order valence-corrected chi connectivity index (χ0v) is 21.1. The van der Waals surface area contributed by atoms with Crippen molar-refractivity contribution in [1.82, 2.24) is 19.9 Å². The largest absolute Gasteiger partial charge is 0.358 e. The molecule has 37 heavy (non-hydrogen) atoms. The molecular weight excluding hydrogens is 466 g/mol. The number of benzene rings is 1. The number of aromatic nitrogens is 3. The highest BCUT2D eigenvalue weighted by atomic mass is 16.2. The summed E-state index contributed by atoms with van der Waals surface area (Å²) >= 11 is 0. The maximum absolute atomic E-state index is 13.4. The Hall–Kier alpha value is -4.19. The number of carbonyl (C=O) groups is 2. The lowest BCUT2D eigenvalue weighted by Crippen LogP contribution is -2.41. The molecule has 1 amide bonds. The Morgan fingerprint density at radius 3 is 2.51 bits per heavy atom. The van der Waals surface area contributed by atoms with Crippen LogP contribution in [0.5, 0.6) is 0 Å². The van der Waals surface area contributed by atoms with Crippen molar-refractivity contribution in [3.05, 3.63) is 71.8 Å². The van der Waals surface area contributed by atoms with Crippen molar-refractivity contribution in [2.45, 2.75) is 58.0 Å². The Morgan fingerprint density at radius 2 is 1.84 bits per heavy atom. The predicted octanol–water partition coefficient (Wildman–Crippen LogP) is 4.89. The summed E-state index contributed by atoms with van der Waals surface area (Å²) < 4.78 is 1.86. The quantitative estimate of drug-likeness (QED) is 0.325. The third kappa shape index (κ3) is 7.64. The first kappa shape index (κ1) is 25.9. The van der Waals surface area contributed by atoms with Crippen LogP contribution in [0, 0.1) is 12.5 Å². The van der Waals surface area contributed by atoms with E-state index >= 15 is 0 Å². The summed E-state index contributed by atoms with van der Waals surface area (Å²) in [6, 6.07) is 12.4. The summed E-state index contributed by atoms with van der Waals surface area (Å²) in [6.45, 7) is 9.10. The number of rotatable bonds is 11. The van der Waals surface area contributed by atoms with Crippen molar-refractivity contribution in [1.29, 1.82) is 0 Å². The van der Waals surface area contributed by atoms with Gasteiger partial charge in [-0.3, -0.25) is 9.59 Å². The van der Waals surface area contributed by atoms with E-state index in [9.17, 15) is 9.59 Å². The van der Waals surface area contributed by atoms with Crippen molar-refractivity contribution < 1.29 is 9.59 Å². The molecule has 192 valence electrons. The SMILES string of the molecule is [C-]#[N+]c1ccc(CNC(=O)C(CC2CCCCC2)Nc2cc(-n3cccc3)nc(NCC(C)=O)n2)cc1. The Bertz CT molecular complexity index is 1230. The van der Waals surface area contributed by atoms with E-state index < -0.39 is 6.04 Å². The number of Topliss-reactive ketones (excluding diaryl/α,β-unsaturated/α-hetero) is 1. The Kier molecular flexibility index (Phi) is 8.87. The lowest BCUT2D eigenvalue weighted by atomic mass is 9.84. The molecule has 0 saturated heterocycles. The molecule has 1 atom stereocenters. The van der Waals surface area contributed by atoms with Crippen molar-refractivity contribution in [3.8, 4) is 5.82 Å². The van der Waals surface area contributed by atoms with Crippen molar-refractivity contribution >= 4 is 29.1 Å². The highest BCUT2D eigenvalue weighted by Crippen LogP contribution is 2.28. The normalized spacial score (nSPS) is 14.4. The fourth-order valence-electron chi connectivity index (χ4n) is 4.58. The molecule has 1 aromatic carbocycles. The van der Waals surface area contributed by atoms with Gasteiger partial charge in [-0.1, -0.05) is 56.4 Å². The van der Waals surface area contributed by atoms with Crippen molar-refractivity contribution in [3.63, 3.8) is 0 Å². The van der Waals surface area contributed by atoms with Gasteiger partial charge >= 0.3 is 0 Å². The third-order valence-corrected chi connectivity index (χ3v) is 6.54. The molecule has 4 rings (SSSR count). The van der Waals surface area contributed by atoms with Crippen LogP contribution in [-0.2, 0) is 16.1 Å². The van der Waals surface area contributed by atoms with Crippen molar-refractivity contribution in [2.24, 2.45) is 5.92 Å². The Balaban J connectivity index is 1.54. The molecule has 1 aliphatic rings. The first-order chi connectivity index (χ1) is 18.0. The van der Waals surface area contributed by atoms with Gasteiger partial charge in [0, 0.05) is 25.0 Å². The number of nitrogens with one attached hydrogen (secondary N) is 3. The van der Waals surface area contributed by atoms with E-state index in [0.29, 0.717) is 42.2 Å². The van der Waals surface area contributed by atoms with Gasteiger partial charge in [-0.15, -0.1) is 0 Å². The molecule has 0 radical (unpaired) electrons. The molecule has 1 unspecified atom stereocenters. The van der Waals surface area contributed by atoms with Gasteiger partial charge in [-0.2, -0.15) is 9.97 Å². The van der Waals surface area contributed by atoms with Gasteiger partial charge in [-0.25, -0.2) is 4.85 Å². The summed E-state index contributed by atoms with van der Waals surface area (Å²) in [7, 11) is 0. The van der Waals surface area contributed by atoms with Crippen LogP contribution in [0.1, 0.15) is 51.0 Å². The molecule has 1 fully saturated rings. The number of nitrogens with zero attached hydrogens (tertiary/aromatic N) is 4. The standard InChI is InChI=1S/C28H33N7O2/c1-20(36)18-31-28-33-25(17-26(34-28)35-14-6-7-15-35)32-24(16-21-8-4-3-5-9-21)27(37)30-19-22-10-12-23(29-2)13-11-22/h6-7,10-15,17,21,24H,3-5,8-9,16,18-19H2,1H3,(H,30,37)(H2,31,32,33,34). The zero-order valence-electron chi connectivity index (χ0n) is 21.1. The summed E-state index contributed by atoms with van der Waals surface area (Å²) in [4.78, 5) is 37.4. The van der Waals surface area contributed by atoms with Gasteiger partial charge in [0.05, 0.1) is 13.1 Å². The molecule has 9 nitrogen and oxygen atoms in total. The molecule has 1 saturated carbocycles. The van der Waals surface area contributed by atoms with Crippen LogP contribution in [0.3, 0.4) is 0 Å². The average molecular weight is 500 g/mol. The second kappa shape index (κ2) is 12.7. The van der Waals surface area contributed by atoms with Crippen LogP contribution in [-0.4, -0.2) is 38.8 Å². The minimum absolute atomic E-state index is 0.0246. The van der Waals surface area contributed by atoms with Crippen LogP contribution in [0.25, 0.3) is 10.7 Å². The van der Waals surface area contributed by atoms with E-state index in [-0.39, 0.29) is 18.2 Å². The van der Waals surface area contributed by atoms with Crippen molar-refractivity contribution in [2.75, 3.05) is 17.2 Å². The molecular formula is C28H33N7O2. The number of ketones is 1. The fraction of sp³-hybridized carbons (Fsp3) is 0.393. The number of carbonyl (C=O) groups excluding carboxylic acids is 2. The molecule has 1 aliphatic carbocycles. The van der Waals surface area contributed by atoms with Gasteiger partial charge in [0.15, 0.2) is 5.69 Å². The van der Waals surface area contributed by atoms with E-state index in [1.165, 1.54) is 26.2 Å². The minimum Gasteiger partial charge on any atom is -0.358 e. The second-order valence-electron chi connectivity index (χ2n) is 9.51. The first-order valence-corrected chi connectivity index (χ1v) is 12.8. The lowest BCUT2D eigenvalue weighted by molar-refractivity contribution is -0.122. The van der Waals surface area contributed by atoms with E-state index in [1.54, 1.807) is 12.1 Å². The fourth-order valence-corrected chi connectivity index (χ4v) is 4.58. The molecule has 2 heterocycles. The lowest BCUT2D eigenvalue weighted by Gasteiger charge is -2.27. The minimum atomic E-state index is -0.473. The molecule has 3 N–H and O–H groups in total. The molecule has 0 spiro atoms. The molecule has 0 aliphatic heterocycles. The number of amides is 1. The van der Waals surface area contributed by atoms with Crippen LogP contribution in [0.2, 0.25) is 0 Å². The Morgan fingerprint density at radius 1 is 1.11 bits per heavy atom. The Labute approximate surface area is 217 Å². The van der Waals surface area contributed by atoms with Gasteiger partial charge in [-0.05, 0) is 37.0 Å². The maximum Gasteiger partial charge on any atom is 0.242 e. The van der Waals surface area contributed by atoms with E-state index in [1.807, 2.05) is 47.3 Å². The van der Waals surface area contributed by atoms with E-state index in [4.69, 9.17) is 6.57 Å². The van der Waals surface area contributed by atoms with Crippen LogP contribution in [0.15, 0.2) is 54.9 Å².